The van der Waals surface area contributed by atoms with Crippen molar-refractivity contribution in [3.05, 3.63) is 42.5 Å². The number of aromatic nitrogens is 4. The van der Waals surface area contributed by atoms with Gasteiger partial charge in [0.25, 0.3) is 0 Å². The summed E-state index contributed by atoms with van der Waals surface area (Å²) in [5.74, 6) is 0.0152. The summed E-state index contributed by atoms with van der Waals surface area (Å²) in [6.07, 6.45) is -1.44. The number of aliphatic hydroxyl groups is 2. The predicted octanol–water partition coefficient (Wildman–Crippen LogP) is 0.203. The molecular weight excluding hydrogens is 392 g/mol. The maximum absolute atomic E-state index is 11.0. The van der Waals surface area contributed by atoms with Gasteiger partial charge in [0.15, 0.2) is 23.2 Å². The highest BCUT2D eigenvalue weighted by molar-refractivity contribution is 5.82. The summed E-state index contributed by atoms with van der Waals surface area (Å²) in [5, 5.41) is 23.9. The van der Waals surface area contributed by atoms with E-state index in [1.165, 1.54) is 24.1 Å². The number of anilines is 2. The molecule has 1 fully saturated rings. The van der Waals surface area contributed by atoms with Gasteiger partial charge in [-0.2, -0.15) is 0 Å². The number of nitrogens with two attached hydrogens (primary N) is 1. The molecule has 0 radical (unpaired) electrons. The molecule has 0 amide bonds. The molecule has 0 spiro atoms. The number of esters is 1. The topological polar surface area (TPSA) is 158 Å². The highest BCUT2D eigenvalue weighted by Crippen LogP contribution is 2.32. The number of nitrogens with one attached hydrogen (secondary N) is 1. The molecule has 0 aliphatic carbocycles. The summed E-state index contributed by atoms with van der Waals surface area (Å²) in [6, 6.07) is 7.45. The number of imidazole rings is 1. The molecular formula is C19H22N6O5. The number of hydrogen-bond donors (Lipinski definition) is 4. The normalized spacial score (nSPS) is 23.6. The van der Waals surface area contributed by atoms with E-state index < -0.39 is 30.5 Å². The summed E-state index contributed by atoms with van der Waals surface area (Å²) in [4.78, 5) is 23.9. The van der Waals surface area contributed by atoms with Gasteiger partial charge >= 0.3 is 5.97 Å². The zero-order chi connectivity index (χ0) is 21.3. The van der Waals surface area contributed by atoms with E-state index in [1.807, 2.05) is 24.3 Å². The van der Waals surface area contributed by atoms with Crippen LogP contribution >= 0.6 is 0 Å². The first-order chi connectivity index (χ1) is 14.4. The number of benzene rings is 1. The maximum atomic E-state index is 11.0. The Balaban J connectivity index is 1.54. The number of carbonyl (C=O) groups is 1. The van der Waals surface area contributed by atoms with E-state index in [2.05, 4.69) is 20.3 Å². The number of hydrogen-bond acceptors (Lipinski definition) is 10. The molecule has 2 aromatic heterocycles. The van der Waals surface area contributed by atoms with Crippen LogP contribution in [0, 0.1) is 0 Å². The van der Waals surface area contributed by atoms with Gasteiger partial charge in [-0.15, -0.1) is 0 Å². The summed E-state index contributed by atoms with van der Waals surface area (Å²) >= 11 is 0. The van der Waals surface area contributed by atoms with Crippen molar-refractivity contribution in [3.8, 4) is 0 Å². The third kappa shape index (κ3) is 3.90. The molecule has 4 rings (SSSR count). The Labute approximate surface area is 171 Å². The molecule has 1 aliphatic rings. The zero-order valence-corrected chi connectivity index (χ0v) is 16.2. The smallest absolute Gasteiger partial charge is 0.302 e. The lowest BCUT2D eigenvalue weighted by Crippen LogP contribution is -2.34. The van der Waals surface area contributed by atoms with E-state index in [4.69, 9.17) is 15.2 Å². The van der Waals surface area contributed by atoms with E-state index in [1.54, 1.807) is 0 Å². The van der Waals surface area contributed by atoms with E-state index in [9.17, 15) is 15.0 Å². The number of rotatable bonds is 6. The first-order valence-electron chi connectivity index (χ1n) is 9.35. The SMILES string of the molecule is CC(=O)OC[C@H]1O[C@@H](n2cnc3c(NCc4ccc(N)cc4)ncnc32)[C@H](O)[C@@H]1O. The van der Waals surface area contributed by atoms with Crippen LogP contribution in [0.15, 0.2) is 36.9 Å². The monoisotopic (exact) mass is 414 g/mol. The Kier molecular flexibility index (Phi) is 5.48. The molecule has 0 unspecified atom stereocenters. The zero-order valence-electron chi connectivity index (χ0n) is 16.2. The third-order valence-electron chi connectivity index (χ3n) is 4.86. The minimum Gasteiger partial charge on any atom is -0.463 e. The lowest BCUT2D eigenvalue weighted by molar-refractivity contribution is -0.147. The van der Waals surface area contributed by atoms with Crippen LogP contribution in [0.2, 0.25) is 0 Å². The maximum Gasteiger partial charge on any atom is 0.302 e. The molecule has 11 nitrogen and oxygen atoms in total. The van der Waals surface area contributed by atoms with Crippen molar-refractivity contribution < 1.29 is 24.5 Å². The van der Waals surface area contributed by atoms with Crippen molar-refractivity contribution in [3.63, 3.8) is 0 Å². The Hall–Kier alpha value is -3.28. The molecule has 5 N–H and O–H groups in total. The third-order valence-corrected chi connectivity index (χ3v) is 4.86. The number of carbonyl (C=O) groups excluding carboxylic acids is 1. The molecule has 1 aliphatic heterocycles. The van der Waals surface area contributed by atoms with Crippen LogP contribution in [-0.4, -0.2) is 60.6 Å². The molecule has 11 heteroatoms. The number of nitrogen functional groups attached to an aromatic ring is 1. The van der Waals surface area contributed by atoms with Crippen molar-refractivity contribution in [2.75, 3.05) is 17.7 Å². The van der Waals surface area contributed by atoms with Crippen LogP contribution in [0.5, 0.6) is 0 Å². The van der Waals surface area contributed by atoms with Crippen LogP contribution in [0.1, 0.15) is 18.7 Å². The summed E-state index contributed by atoms with van der Waals surface area (Å²) in [6.45, 7) is 1.60. The molecule has 30 heavy (non-hydrogen) atoms. The van der Waals surface area contributed by atoms with Crippen LogP contribution < -0.4 is 11.1 Å². The quantitative estimate of drug-likeness (QED) is 0.324. The predicted molar refractivity (Wildman–Crippen MR) is 106 cm³/mol. The van der Waals surface area contributed by atoms with Crippen LogP contribution in [0.3, 0.4) is 0 Å². The minimum atomic E-state index is -1.25. The second kappa shape index (κ2) is 8.22. The standard InChI is InChI=1S/C19H22N6O5/c1-10(26)29-7-13-15(27)16(28)19(30-13)25-9-24-14-17(22-8-23-18(14)25)21-6-11-2-4-12(20)5-3-11/h2-5,8-9,13,15-16,19,27-28H,6-7,20H2,1H3,(H,21,22,23)/t13-,15-,16-,19-/m1/s1. The van der Waals surface area contributed by atoms with Gasteiger partial charge in [0.2, 0.25) is 0 Å². The largest absolute Gasteiger partial charge is 0.463 e. The average molecular weight is 414 g/mol. The number of nitrogens with zero attached hydrogens (tertiary/aromatic N) is 4. The van der Waals surface area contributed by atoms with E-state index in [0.29, 0.717) is 29.2 Å². The Morgan fingerprint density at radius 2 is 2.00 bits per heavy atom. The van der Waals surface area contributed by atoms with Gasteiger partial charge in [0, 0.05) is 19.2 Å². The molecule has 3 heterocycles. The molecule has 4 atom stereocenters. The van der Waals surface area contributed by atoms with Gasteiger partial charge in [-0.1, -0.05) is 12.1 Å². The van der Waals surface area contributed by atoms with Crippen molar-refractivity contribution in [1.29, 1.82) is 0 Å². The van der Waals surface area contributed by atoms with Gasteiger partial charge < -0.3 is 30.7 Å². The minimum absolute atomic E-state index is 0.167. The fraction of sp³-hybridized carbons (Fsp3) is 0.368. The molecule has 0 bridgehead atoms. The highest BCUT2D eigenvalue weighted by Gasteiger charge is 2.44. The fourth-order valence-corrected chi connectivity index (χ4v) is 3.28. The highest BCUT2D eigenvalue weighted by atomic mass is 16.6. The van der Waals surface area contributed by atoms with Gasteiger partial charge in [-0.05, 0) is 17.7 Å². The molecule has 1 aromatic carbocycles. The van der Waals surface area contributed by atoms with E-state index in [0.717, 1.165) is 5.56 Å². The Bertz CT molecular complexity index is 1040. The molecule has 158 valence electrons. The molecule has 3 aromatic rings. The van der Waals surface area contributed by atoms with Crippen molar-refractivity contribution in [1.82, 2.24) is 19.5 Å². The molecule has 1 saturated heterocycles. The molecule has 0 saturated carbocycles. The second-order valence-electron chi connectivity index (χ2n) is 6.99. The van der Waals surface area contributed by atoms with Crippen molar-refractivity contribution in [2.45, 2.75) is 38.0 Å². The number of aliphatic hydroxyl groups excluding tert-OH is 2. The average Bonchev–Trinajstić information content (AvgIpc) is 3.28. The fourth-order valence-electron chi connectivity index (χ4n) is 3.28. The lowest BCUT2D eigenvalue weighted by atomic mass is 10.1. The van der Waals surface area contributed by atoms with Crippen molar-refractivity contribution >= 4 is 28.6 Å². The first kappa shape index (κ1) is 20.0. The van der Waals surface area contributed by atoms with E-state index in [-0.39, 0.29) is 6.61 Å². The first-order valence-corrected chi connectivity index (χ1v) is 9.35. The van der Waals surface area contributed by atoms with Gasteiger partial charge in [0.1, 0.15) is 31.2 Å². The van der Waals surface area contributed by atoms with Crippen molar-refractivity contribution in [2.24, 2.45) is 0 Å². The van der Waals surface area contributed by atoms with Gasteiger partial charge in [-0.3, -0.25) is 9.36 Å². The van der Waals surface area contributed by atoms with Crippen LogP contribution in [0.4, 0.5) is 11.5 Å². The van der Waals surface area contributed by atoms with E-state index >= 15 is 0 Å². The summed E-state index contributed by atoms with van der Waals surface area (Å²) in [5.41, 5.74) is 8.32. The Morgan fingerprint density at radius 1 is 1.23 bits per heavy atom. The Morgan fingerprint density at radius 3 is 2.73 bits per heavy atom. The lowest BCUT2D eigenvalue weighted by Gasteiger charge is -2.16. The van der Waals surface area contributed by atoms with Gasteiger partial charge in [-0.25, -0.2) is 15.0 Å². The van der Waals surface area contributed by atoms with Crippen LogP contribution in [0.25, 0.3) is 11.2 Å². The number of fused-ring (bicyclic) bond motifs is 1. The van der Waals surface area contributed by atoms with Crippen LogP contribution in [-0.2, 0) is 20.8 Å². The summed E-state index contributed by atoms with van der Waals surface area (Å²) in [7, 11) is 0. The summed E-state index contributed by atoms with van der Waals surface area (Å²) < 4.78 is 12.1. The number of ether oxygens (including phenoxy) is 2. The van der Waals surface area contributed by atoms with Gasteiger partial charge in [0.05, 0.1) is 6.33 Å². The second-order valence-corrected chi connectivity index (χ2v) is 6.99.